The van der Waals surface area contributed by atoms with Gasteiger partial charge in [-0.25, -0.2) is 22.5 Å². The van der Waals surface area contributed by atoms with E-state index < -0.39 is 42.9 Å². The Balaban J connectivity index is 0.809. The highest BCUT2D eigenvalue weighted by atomic mass is 32.2. The second-order valence-corrected chi connectivity index (χ2v) is 24.9. The van der Waals surface area contributed by atoms with Crippen LogP contribution in [0, 0.1) is 27.3 Å². The van der Waals surface area contributed by atoms with Crippen LogP contribution >= 0.6 is 0 Å². The number of pyridine rings is 2. The zero-order valence-electron chi connectivity index (χ0n) is 47.0. The lowest BCUT2D eigenvalue weighted by atomic mass is 9.59. The molecular weight excluding hydrogens is 1070 g/mol. The number of fused-ring (bicyclic) bond motifs is 2. The molecule has 1 spiro atoms. The first-order valence-electron chi connectivity index (χ1n) is 28.5. The second-order valence-electron chi connectivity index (χ2n) is 23.2. The summed E-state index contributed by atoms with van der Waals surface area (Å²) in [7, 11) is -3.11. The number of hydrogen-bond acceptors (Lipinski definition) is 17. The molecule has 82 heavy (non-hydrogen) atoms. The molecule has 3 aromatic carbocycles. The van der Waals surface area contributed by atoms with Gasteiger partial charge in [-0.05, 0) is 112 Å². The molecule has 2 aliphatic carbocycles. The van der Waals surface area contributed by atoms with Gasteiger partial charge in [-0.15, -0.1) is 0 Å². The summed E-state index contributed by atoms with van der Waals surface area (Å²) in [5, 5.41) is 25.8. The van der Waals surface area contributed by atoms with Crippen LogP contribution in [0.25, 0.3) is 11.0 Å². The summed E-state index contributed by atoms with van der Waals surface area (Å²) in [6.07, 6.45) is 8.69. The van der Waals surface area contributed by atoms with Gasteiger partial charge in [-0.1, -0.05) is 44.2 Å². The number of sulfonamides is 1. The summed E-state index contributed by atoms with van der Waals surface area (Å²) in [6, 6.07) is 20.7. The van der Waals surface area contributed by atoms with Gasteiger partial charge >= 0.3 is 5.69 Å². The average Bonchev–Trinajstić information content (AvgIpc) is 3.97. The number of methoxy groups -OCH3 is 1. The number of nitro groups is 1. The van der Waals surface area contributed by atoms with Crippen LogP contribution in [0.15, 0.2) is 84.0 Å². The number of nitrogens with one attached hydrogen (secondary N) is 3. The largest absolute Gasteiger partial charge is 0.493 e. The number of anilines is 2. The number of ether oxygens (including phenoxy) is 5. The molecule has 22 heteroatoms. The van der Waals surface area contributed by atoms with Crippen molar-refractivity contribution in [2.45, 2.75) is 114 Å². The molecule has 11 rings (SSSR count). The van der Waals surface area contributed by atoms with Crippen LogP contribution in [0.3, 0.4) is 0 Å². The minimum Gasteiger partial charge on any atom is -0.493 e. The van der Waals surface area contributed by atoms with E-state index in [2.05, 4.69) is 83.9 Å². The Morgan fingerprint density at radius 3 is 2.46 bits per heavy atom. The van der Waals surface area contributed by atoms with E-state index in [0.29, 0.717) is 82.0 Å². The smallest absolute Gasteiger partial charge is 0.312 e. The number of H-pyrrole nitrogens is 1. The van der Waals surface area contributed by atoms with E-state index in [1.54, 1.807) is 33.1 Å². The zero-order valence-corrected chi connectivity index (χ0v) is 47.9. The molecule has 6 aromatic rings. The maximum absolute atomic E-state index is 15.0. The summed E-state index contributed by atoms with van der Waals surface area (Å²) < 4.78 is 75.2. The van der Waals surface area contributed by atoms with E-state index in [9.17, 15) is 28.4 Å². The highest BCUT2D eigenvalue weighted by molar-refractivity contribution is 7.90. The van der Waals surface area contributed by atoms with Crippen molar-refractivity contribution >= 4 is 44.2 Å². The monoisotopic (exact) mass is 1150 g/mol. The number of aromatic nitrogens is 3. The topological polar surface area (TPSA) is 236 Å². The van der Waals surface area contributed by atoms with Crippen molar-refractivity contribution in [2.75, 3.05) is 76.4 Å². The molecular formula is C60H72FN9O11S. The highest BCUT2D eigenvalue weighted by Crippen LogP contribution is 2.54. The molecule has 20 nitrogen and oxygen atoms in total. The zero-order chi connectivity index (χ0) is 57.5. The van der Waals surface area contributed by atoms with Crippen LogP contribution in [0.5, 0.6) is 34.6 Å². The van der Waals surface area contributed by atoms with Crippen LogP contribution in [0.1, 0.15) is 118 Å². The van der Waals surface area contributed by atoms with E-state index >= 15 is 4.39 Å². The summed E-state index contributed by atoms with van der Waals surface area (Å²) >= 11 is 0. The molecule has 6 heterocycles. The van der Waals surface area contributed by atoms with Gasteiger partial charge in [0.1, 0.15) is 35.3 Å². The lowest BCUT2D eigenvalue weighted by molar-refractivity contribution is -0.384. The van der Waals surface area contributed by atoms with Crippen LogP contribution in [0.4, 0.5) is 21.6 Å². The third-order valence-corrected chi connectivity index (χ3v) is 18.7. The number of nitrogens with zero attached hydrogens (tertiary/aromatic N) is 6. The van der Waals surface area contributed by atoms with Gasteiger partial charge in [0.2, 0.25) is 11.6 Å². The number of amides is 1. The number of aliphatic hydroxyl groups is 1. The minimum absolute atomic E-state index is 0.0138. The number of rotatable bonds is 18. The maximum Gasteiger partial charge on any atom is 0.312 e. The Bertz CT molecular complexity index is 3460. The molecule has 1 atom stereocenters. The minimum atomic E-state index is -4.76. The fourth-order valence-electron chi connectivity index (χ4n) is 12.8. The van der Waals surface area contributed by atoms with Crippen molar-refractivity contribution in [3.05, 3.63) is 117 Å². The molecule has 5 aliphatic rings. The summed E-state index contributed by atoms with van der Waals surface area (Å²) in [5.41, 5.74) is 3.36. The molecule has 3 aliphatic heterocycles. The van der Waals surface area contributed by atoms with Gasteiger partial charge in [0.25, 0.3) is 21.8 Å². The fraction of sp³-hybridized carbons (Fsp3) is 0.483. The third-order valence-electron chi connectivity index (χ3n) is 17.4. The van der Waals surface area contributed by atoms with Gasteiger partial charge in [-0.2, -0.15) is 4.98 Å². The number of carbonyl (C=O) groups excluding carboxylic acids is 1. The second kappa shape index (κ2) is 23.2. The molecule has 0 unspecified atom stereocenters. The number of hydrogen-bond donors (Lipinski definition) is 4. The Morgan fingerprint density at radius 1 is 0.976 bits per heavy atom. The first kappa shape index (κ1) is 56.6. The molecule has 4 fully saturated rings. The lowest BCUT2D eigenvalue weighted by Crippen LogP contribution is -2.60. The predicted molar refractivity (Wildman–Crippen MR) is 306 cm³/mol. The van der Waals surface area contributed by atoms with Crippen LogP contribution in [-0.4, -0.2) is 127 Å². The van der Waals surface area contributed by atoms with Crippen molar-refractivity contribution in [1.82, 2.24) is 29.5 Å². The quantitative estimate of drug-likeness (QED) is 0.0463. The summed E-state index contributed by atoms with van der Waals surface area (Å²) in [4.78, 5) is 44.1. The predicted octanol–water partition coefficient (Wildman–Crippen LogP) is 9.88. The van der Waals surface area contributed by atoms with Gasteiger partial charge < -0.3 is 44.0 Å². The van der Waals surface area contributed by atoms with E-state index in [1.807, 2.05) is 6.07 Å². The number of piperazine rings is 1. The van der Waals surface area contributed by atoms with E-state index in [4.69, 9.17) is 23.7 Å². The number of halogens is 1. The maximum atomic E-state index is 15.0. The van der Waals surface area contributed by atoms with Gasteiger partial charge in [-0.3, -0.25) is 24.7 Å². The molecule has 1 amide bonds. The SMILES string of the molecule is CCOc1nc2[nH]cc(F)c2cc1Oc1cc(N2CCC3(CC2)CC(N2CCN(Cc4ccc(OC)c5c4OCCO5)C[C@H]2c2ccccc2C(C)C)C3)ccc1C(=O)NS(=O)(=O)c1cnc(NCC2CCC(C)(O)CC2)c([N+](=O)[O-])c1. The normalized spacial score (nSPS) is 21.3. The Kier molecular flexibility index (Phi) is 16.0. The molecule has 0 radical (unpaired) electrons. The molecule has 4 N–H and O–H groups in total. The first-order valence-corrected chi connectivity index (χ1v) is 30.0. The average molecular weight is 1150 g/mol. The van der Waals surface area contributed by atoms with E-state index in [-0.39, 0.29) is 63.8 Å². The van der Waals surface area contributed by atoms with Crippen molar-refractivity contribution in [3.63, 3.8) is 0 Å². The van der Waals surface area contributed by atoms with Crippen molar-refractivity contribution in [3.8, 4) is 34.6 Å². The fourth-order valence-corrected chi connectivity index (χ4v) is 13.7. The van der Waals surface area contributed by atoms with Crippen LogP contribution < -0.4 is 38.6 Å². The van der Waals surface area contributed by atoms with Crippen LogP contribution in [0.2, 0.25) is 0 Å². The molecule has 436 valence electrons. The molecule has 2 saturated heterocycles. The lowest BCUT2D eigenvalue weighted by Gasteiger charge is -2.58. The Hall–Kier alpha value is -7.27. The van der Waals surface area contributed by atoms with E-state index in [0.717, 1.165) is 87.3 Å². The van der Waals surface area contributed by atoms with Crippen LogP contribution in [-0.2, 0) is 16.6 Å². The number of carbonyl (C=O) groups is 1. The highest BCUT2D eigenvalue weighted by Gasteiger charge is 2.50. The number of aromatic amines is 1. The molecule has 0 bridgehead atoms. The number of benzene rings is 3. The Morgan fingerprint density at radius 2 is 1.73 bits per heavy atom. The first-order chi connectivity index (χ1) is 39.4. The van der Waals surface area contributed by atoms with Gasteiger partial charge in [0, 0.05) is 93.5 Å². The summed E-state index contributed by atoms with van der Waals surface area (Å²) in [5.74, 6) is 0.734. The Labute approximate surface area is 476 Å². The van der Waals surface area contributed by atoms with Crippen molar-refractivity contribution < 1.29 is 51.3 Å². The molecule has 2 saturated carbocycles. The summed E-state index contributed by atoms with van der Waals surface area (Å²) in [6.45, 7) is 14.4. The third kappa shape index (κ3) is 11.7. The van der Waals surface area contributed by atoms with E-state index in [1.165, 1.54) is 23.3 Å². The molecule has 3 aromatic heterocycles. The van der Waals surface area contributed by atoms with Crippen molar-refractivity contribution in [2.24, 2.45) is 11.3 Å². The van der Waals surface area contributed by atoms with Gasteiger partial charge in [0.15, 0.2) is 17.2 Å². The number of piperidine rings is 1. The van der Waals surface area contributed by atoms with Crippen molar-refractivity contribution in [1.29, 1.82) is 0 Å². The van der Waals surface area contributed by atoms with Gasteiger partial charge in [0.05, 0.1) is 41.4 Å². The standard InChI is InChI=1S/C60H72FN9O11S/c1-6-78-58-52(29-46-47(61)34-64-55(46)65-58)81-51-27-40(12-13-45(51)57(71)66-82(75,76)42-28-48(70(73)74)56(63-33-42)62-32-38-15-17-59(4,72)18-16-38)68-21-19-60(20-22-68)30-41(31-60)69-24-23-67(36-49(69)44-10-8-7-9-43(44)37(2)3)35-39-11-14-50(77-5)54-53(39)79-25-26-80-54/h7-14,27-29,33-34,37-38,41,49,72H,6,15-26,30-32,35-36H2,1-5H3,(H,62,63)(H,64,65)(H,66,71)/t38?,49-,59?/m0/s1.